The van der Waals surface area contributed by atoms with E-state index in [4.69, 9.17) is 0 Å². The van der Waals surface area contributed by atoms with Gasteiger partial charge in [0, 0.05) is 0 Å². The molecule has 0 aliphatic heterocycles. The zero-order chi connectivity index (χ0) is 12.7. The highest BCUT2D eigenvalue weighted by Crippen LogP contribution is 2.27. The van der Waals surface area contributed by atoms with Crippen molar-refractivity contribution in [3.8, 4) is 0 Å². The van der Waals surface area contributed by atoms with Crippen LogP contribution in [0.3, 0.4) is 0 Å². The van der Waals surface area contributed by atoms with Gasteiger partial charge in [0.15, 0.2) is 0 Å². The summed E-state index contributed by atoms with van der Waals surface area (Å²) in [6.45, 7) is 6.39. The van der Waals surface area contributed by atoms with Crippen LogP contribution in [0.2, 0.25) is 0 Å². The Morgan fingerprint density at radius 2 is 1.76 bits per heavy atom. The summed E-state index contributed by atoms with van der Waals surface area (Å²) in [4.78, 5) is 11.2. The molecule has 0 N–H and O–H groups in total. The van der Waals surface area contributed by atoms with E-state index in [1.165, 1.54) is 16.7 Å². The van der Waals surface area contributed by atoms with Crippen LogP contribution in [0.25, 0.3) is 5.57 Å². The molecule has 1 rings (SSSR count). The summed E-state index contributed by atoms with van der Waals surface area (Å²) in [5.41, 5.74) is 4.71. The number of aldehydes is 1. The van der Waals surface area contributed by atoms with E-state index in [2.05, 4.69) is 32.9 Å². The largest absolute Gasteiger partial charge is 0.298 e. The van der Waals surface area contributed by atoms with Gasteiger partial charge in [0.25, 0.3) is 0 Å². The number of aryl methyl sites for hydroxylation is 1. The van der Waals surface area contributed by atoms with Gasteiger partial charge in [-0.05, 0) is 42.0 Å². The molecule has 0 unspecified atom stereocenters. The Bertz CT molecular complexity index is 402. The Kier molecular flexibility index (Phi) is 5.68. The number of hydrogen-bond donors (Lipinski definition) is 0. The Morgan fingerprint density at radius 1 is 1.12 bits per heavy atom. The smallest absolute Gasteiger partial charge is 0.146 e. The second-order valence-corrected chi connectivity index (χ2v) is 4.44. The normalized spacial score (nSPS) is 12.2. The van der Waals surface area contributed by atoms with Gasteiger partial charge >= 0.3 is 0 Å². The van der Waals surface area contributed by atoms with Gasteiger partial charge in [0.2, 0.25) is 0 Å². The maximum absolute atomic E-state index is 11.2. The zero-order valence-electron chi connectivity index (χ0n) is 11.1. The van der Waals surface area contributed by atoms with Gasteiger partial charge < -0.3 is 0 Å². The molecular weight excluding hydrogens is 208 g/mol. The van der Waals surface area contributed by atoms with Crippen LogP contribution in [-0.2, 0) is 4.79 Å². The molecule has 1 aromatic rings. The Morgan fingerprint density at radius 3 is 2.29 bits per heavy atom. The topological polar surface area (TPSA) is 17.1 Å². The standard InChI is InChI=1S/C16H22O/c1-4-8-14(12-17)16(9-5-2)15-11-7-6-10-13(15)3/h6-7,10-12H,4-5,8-9H2,1-3H3/b16-14-. The lowest BCUT2D eigenvalue weighted by Gasteiger charge is -2.13. The van der Waals surface area contributed by atoms with E-state index in [0.717, 1.165) is 37.5 Å². The van der Waals surface area contributed by atoms with Crippen molar-refractivity contribution in [2.75, 3.05) is 0 Å². The molecule has 1 aromatic carbocycles. The third kappa shape index (κ3) is 3.55. The van der Waals surface area contributed by atoms with Crippen molar-refractivity contribution < 1.29 is 4.79 Å². The molecule has 0 saturated heterocycles. The quantitative estimate of drug-likeness (QED) is 0.517. The fourth-order valence-electron chi connectivity index (χ4n) is 2.18. The summed E-state index contributed by atoms with van der Waals surface area (Å²) in [7, 11) is 0. The lowest BCUT2D eigenvalue weighted by Crippen LogP contribution is -1.96. The van der Waals surface area contributed by atoms with Gasteiger partial charge in [0.05, 0.1) is 0 Å². The number of carbonyl (C=O) groups is 1. The highest BCUT2D eigenvalue weighted by Gasteiger charge is 2.09. The molecule has 17 heavy (non-hydrogen) atoms. The lowest BCUT2D eigenvalue weighted by atomic mass is 9.91. The van der Waals surface area contributed by atoms with E-state index in [-0.39, 0.29) is 0 Å². The molecule has 1 nitrogen and oxygen atoms in total. The molecule has 0 amide bonds. The van der Waals surface area contributed by atoms with Crippen LogP contribution in [0.4, 0.5) is 0 Å². The molecular formula is C16H22O. The Hall–Kier alpha value is -1.37. The fraction of sp³-hybridized carbons (Fsp3) is 0.438. The average molecular weight is 230 g/mol. The Labute approximate surface area is 105 Å². The fourth-order valence-corrected chi connectivity index (χ4v) is 2.18. The number of allylic oxidation sites excluding steroid dienone is 2. The maximum atomic E-state index is 11.2. The van der Waals surface area contributed by atoms with E-state index in [0.29, 0.717) is 0 Å². The van der Waals surface area contributed by atoms with Crippen LogP contribution >= 0.6 is 0 Å². The summed E-state index contributed by atoms with van der Waals surface area (Å²) in [6.07, 6.45) is 5.00. The summed E-state index contributed by atoms with van der Waals surface area (Å²) in [6, 6.07) is 8.33. The van der Waals surface area contributed by atoms with Crippen molar-refractivity contribution >= 4 is 11.9 Å². The molecule has 92 valence electrons. The maximum Gasteiger partial charge on any atom is 0.146 e. The van der Waals surface area contributed by atoms with Gasteiger partial charge in [0.1, 0.15) is 6.29 Å². The van der Waals surface area contributed by atoms with Gasteiger partial charge in [-0.3, -0.25) is 4.79 Å². The predicted molar refractivity (Wildman–Crippen MR) is 74.0 cm³/mol. The second kappa shape index (κ2) is 7.05. The molecule has 0 spiro atoms. The third-order valence-corrected chi connectivity index (χ3v) is 3.02. The van der Waals surface area contributed by atoms with Crippen LogP contribution in [0.15, 0.2) is 29.8 Å². The van der Waals surface area contributed by atoms with Crippen LogP contribution in [0, 0.1) is 6.92 Å². The van der Waals surface area contributed by atoms with Crippen LogP contribution in [0.5, 0.6) is 0 Å². The minimum absolute atomic E-state index is 0.882. The van der Waals surface area contributed by atoms with Crippen molar-refractivity contribution in [3.05, 3.63) is 41.0 Å². The monoisotopic (exact) mass is 230 g/mol. The summed E-state index contributed by atoms with van der Waals surface area (Å²) in [5.74, 6) is 0. The second-order valence-electron chi connectivity index (χ2n) is 4.44. The third-order valence-electron chi connectivity index (χ3n) is 3.02. The number of rotatable bonds is 6. The van der Waals surface area contributed by atoms with Gasteiger partial charge in [-0.25, -0.2) is 0 Å². The lowest BCUT2D eigenvalue weighted by molar-refractivity contribution is -0.105. The molecule has 0 radical (unpaired) electrons. The first-order chi connectivity index (χ1) is 8.24. The molecule has 0 aliphatic rings. The van der Waals surface area contributed by atoms with Gasteiger partial charge in [-0.2, -0.15) is 0 Å². The predicted octanol–water partition coefficient (Wildman–Crippen LogP) is 4.55. The van der Waals surface area contributed by atoms with E-state index in [1.54, 1.807) is 0 Å². The molecule has 0 aliphatic carbocycles. The molecule has 1 heteroatoms. The van der Waals surface area contributed by atoms with Crippen LogP contribution in [0.1, 0.15) is 50.7 Å². The van der Waals surface area contributed by atoms with E-state index >= 15 is 0 Å². The van der Waals surface area contributed by atoms with Crippen LogP contribution in [-0.4, -0.2) is 6.29 Å². The number of benzene rings is 1. The Balaban J connectivity index is 3.24. The van der Waals surface area contributed by atoms with E-state index in [9.17, 15) is 4.79 Å². The molecule has 0 atom stereocenters. The first kappa shape index (κ1) is 13.7. The van der Waals surface area contributed by atoms with Gasteiger partial charge in [-0.1, -0.05) is 51.0 Å². The highest BCUT2D eigenvalue weighted by atomic mass is 16.1. The zero-order valence-corrected chi connectivity index (χ0v) is 11.1. The first-order valence-corrected chi connectivity index (χ1v) is 6.47. The SMILES string of the molecule is CCC/C(C=O)=C(\CCC)c1ccccc1C. The van der Waals surface area contributed by atoms with Crippen molar-refractivity contribution in [1.29, 1.82) is 0 Å². The summed E-state index contributed by atoms with van der Waals surface area (Å²) < 4.78 is 0. The molecule has 0 aromatic heterocycles. The molecule has 0 fully saturated rings. The number of carbonyl (C=O) groups excluding carboxylic acids is 1. The van der Waals surface area contributed by atoms with Gasteiger partial charge in [-0.15, -0.1) is 0 Å². The minimum Gasteiger partial charge on any atom is -0.298 e. The number of hydrogen-bond acceptors (Lipinski definition) is 1. The van der Waals surface area contributed by atoms with E-state index < -0.39 is 0 Å². The summed E-state index contributed by atoms with van der Waals surface area (Å²) in [5, 5.41) is 0. The first-order valence-electron chi connectivity index (χ1n) is 6.47. The highest BCUT2D eigenvalue weighted by molar-refractivity contribution is 5.88. The minimum atomic E-state index is 0.882. The van der Waals surface area contributed by atoms with Crippen molar-refractivity contribution in [2.45, 2.75) is 46.5 Å². The van der Waals surface area contributed by atoms with Crippen molar-refractivity contribution in [3.63, 3.8) is 0 Å². The van der Waals surface area contributed by atoms with Crippen molar-refractivity contribution in [2.24, 2.45) is 0 Å². The van der Waals surface area contributed by atoms with Crippen LogP contribution < -0.4 is 0 Å². The molecule has 0 bridgehead atoms. The van der Waals surface area contributed by atoms with Crippen molar-refractivity contribution in [1.82, 2.24) is 0 Å². The molecule has 0 heterocycles. The van der Waals surface area contributed by atoms with E-state index in [1.807, 2.05) is 12.1 Å². The average Bonchev–Trinajstić information content (AvgIpc) is 2.34. The summed E-state index contributed by atoms with van der Waals surface area (Å²) >= 11 is 0. The molecule has 0 saturated carbocycles.